The summed E-state index contributed by atoms with van der Waals surface area (Å²) >= 11 is 0. The van der Waals surface area contributed by atoms with E-state index in [1.54, 1.807) is 0 Å². The minimum absolute atomic E-state index is 0. The molecule has 0 amide bonds. The Bertz CT molecular complexity index is 693. The van der Waals surface area contributed by atoms with Crippen molar-refractivity contribution >= 4 is 11.9 Å². The zero-order valence-corrected chi connectivity index (χ0v) is 19.5. The average Bonchev–Trinajstić information content (AvgIpc) is 2.74. The van der Waals surface area contributed by atoms with Crippen LogP contribution in [0, 0.1) is 0 Å². The van der Waals surface area contributed by atoms with E-state index in [1.807, 2.05) is 60.7 Å². The molecule has 7 heteroatoms. The number of aliphatic hydroxyl groups excluding tert-OH is 2. The van der Waals surface area contributed by atoms with Gasteiger partial charge in [0.25, 0.3) is 0 Å². The van der Waals surface area contributed by atoms with Gasteiger partial charge in [0.15, 0.2) is 0 Å². The molecule has 0 heterocycles. The van der Waals surface area contributed by atoms with Gasteiger partial charge in [0.2, 0.25) is 0 Å². The summed E-state index contributed by atoms with van der Waals surface area (Å²) in [4.78, 5) is 21.3. The Hall–Kier alpha value is -1.70. The third-order valence-corrected chi connectivity index (χ3v) is 4.03. The molecule has 6 nitrogen and oxygen atoms in total. The summed E-state index contributed by atoms with van der Waals surface area (Å²) in [5, 5.41) is 27.6. The Balaban J connectivity index is 0.000000573. The molecule has 30 heavy (non-hydrogen) atoms. The van der Waals surface area contributed by atoms with E-state index < -0.39 is 18.7 Å². The number of carbonyl (C=O) groups is 2. The summed E-state index contributed by atoms with van der Waals surface area (Å²) < 4.78 is 4.78. The van der Waals surface area contributed by atoms with Gasteiger partial charge >= 0.3 is 35.5 Å². The number of benzene rings is 2. The molecule has 0 saturated carbocycles. The quantitative estimate of drug-likeness (QED) is 0.342. The van der Waals surface area contributed by atoms with E-state index in [2.05, 4.69) is 0 Å². The zero-order valence-electron chi connectivity index (χ0n) is 17.5. The number of carbonyl (C=O) groups excluding carboxylic acids is 2. The van der Waals surface area contributed by atoms with Gasteiger partial charge in [0.1, 0.15) is 12.7 Å². The van der Waals surface area contributed by atoms with Crippen LogP contribution in [0.1, 0.15) is 36.8 Å². The van der Waals surface area contributed by atoms with Crippen molar-refractivity contribution in [3.63, 3.8) is 0 Å². The summed E-state index contributed by atoms with van der Waals surface area (Å²) in [6, 6.07) is 19.8. The maximum absolute atomic E-state index is 11.2. The Labute approximate surface area is 200 Å². The predicted octanol–water partition coefficient (Wildman–Crippen LogP) is -1.33. The molecule has 0 aliphatic heterocycles. The van der Waals surface area contributed by atoms with E-state index in [0.29, 0.717) is 12.8 Å². The van der Waals surface area contributed by atoms with Gasteiger partial charge in [0.05, 0.1) is 6.61 Å². The van der Waals surface area contributed by atoms with Gasteiger partial charge < -0.3 is 24.9 Å². The Morgan fingerprint density at radius 1 is 0.867 bits per heavy atom. The predicted molar refractivity (Wildman–Crippen MR) is 108 cm³/mol. The first-order chi connectivity index (χ1) is 14.0. The summed E-state index contributed by atoms with van der Waals surface area (Å²) in [6.07, 6.45) is 2.52. The number of rotatable bonds is 11. The second kappa shape index (κ2) is 18.1. The first kappa shape index (κ1) is 28.3. The molecule has 2 aromatic carbocycles. The van der Waals surface area contributed by atoms with Gasteiger partial charge in [-0.2, -0.15) is 0 Å². The monoisotopic (exact) mass is 424 g/mol. The number of hydrogen-bond donors (Lipinski definition) is 2. The molecule has 0 bridgehead atoms. The van der Waals surface area contributed by atoms with E-state index in [4.69, 9.17) is 14.9 Å². The standard InChI is InChI=1S/C13H18O4.C10H12O2.Na/c14-9-12(15)10-17-13(16)8-4-7-11-5-2-1-3-6-11;11-10(12)8-4-7-9-5-2-1-3-6-9;/h1-3,5-6,12,14-15H,4,7-10H2;1-3,5-6H,4,7-8H2,(H,11,12);/q;;+1/p-1. The number of hydrogen-bond acceptors (Lipinski definition) is 6. The Morgan fingerprint density at radius 2 is 1.33 bits per heavy atom. The third-order valence-electron chi connectivity index (χ3n) is 4.03. The van der Waals surface area contributed by atoms with Crippen molar-refractivity contribution in [1.82, 2.24) is 0 Å². The molecule has 0 aliphatic carbocycles. The first-order valence-corrected chi connectivity index (χ1v) is 9.73. The maximum atomic E-state index is 11.2. The summed E-state index contributed by atoms with van der Waals surface area (Å²) in [6.45, 7) is -0.530. The largest absolute Gasteiger partial charge is 1.00 e. The average molecular weight is 424 g/mol. The van der Waals surface area contributed by atoms with E-state index in [0.717, 1.165) is 19.3 Å². The van der Waals surface area contributed by atoms with Crippen molar-refractivity contribution in [2.45, 2.75) is 44.6 Å². The second-order valence-corrected chi connectivity index (χ2v) is 6.57. The molecule has 1 unspecified atom stereocenters. The molecule has 1 atom stereocenters. The summed E-state index contributed by atoms with van der Waals surface area (Å²) in [7, 11) is 0. The minimum Gasteiger partial charge on any atom is -0.550 e. The number of carboxylic acid groups (broad SMARTS) is 1. The van der Waals surface area contributed by atoms with Crippen molar-refractivity contribution in [3.8, 4) is 0 Å². The van der Waals surface area contributed by atoms with E-state index in [1.165, 1.54) is 11.1 Å². The smallest absolute Gasteiger partial charge is 0.550 e. The normalized spacial score (nSPS) is 10.7. The topological polar surface area (TPSA) is 107 Å². The van der Waals surface area contributed by atoms with Crippen LogP contribution in [0.25, 0.3) is 0 Å². The van der Waals surface area contributed by atoms with E-state index in [9.17, 15) is 14.7 Å². The molecular weight excluding hydrogens is 395 g/mol. The van der Waals surface area contributed by atoms with Crippen LogP contribution in [-0.4, -0.2) is 41.5 Å². The van der Waals surface area contributed by atoms with Crippen molar-refractivity contribution < 1.29 is 59.2 Å². The fraction of sp³-hybridized carbons (Fsp3) is 0.391. The number of carboxylic acids is 1. The zero-order chi connectivity index (χ0) is 21.3. The van der Waals surface area contributed by atoms with Crippen LogP contribution < -0.4 is 34.7 Å². The molecule has 0 saturated heterocycles. The molecule has 0 spiro atoms. The number of aliphatic hydroxyl groups is 2. The molecule has 0 radical (unpaired) electrons. The molecular formula is C23H29NaO6. The van der Waals surface area contributed by atoms with Crippen LogP contribution in [0.4, 0.5) is 0 Å². The molecule has 0 aliphatic rings. The molecule has 158 valence electrons. The molecule has 2 aromatic rings. The van der Waals surface area contributed by atoms with Gasteiger partial charge in [-0.25, -0.2) is 0 Å². The van der Waals surface area contributed by atoms with Crippen LogP contribution in [0.2, 0.25) is 0 Å². The fourth-order valence-electron chi connectivity index (χ4n) is 2.48. The third kappa shape index (κ3) is 15.2. The minimum atomic E-state index is -0.979. The summed E-state index contributed by atoms with van der Waals surface area (Å²) in [5.74, 6) is -1.31. The van der Waals surface area contributed by atoms with Crippen LogP contribution in [0.3, 0.4) is 0 Å². The van der Waals surface area contributed by atoms with Gasteiger partial charge in [0, 0.05) is 12.4 Å². The molecule has 2 N–H and O–H groups in total. The van der Waals surface area contributed by atoms with Crippen molar-refractivity contribution in [2.24, 2.45) is 0 Å². The molecule has 0 aromatic heterocycles. The van der Waals surface area contributed by atoms with Crippen molar-refractivity contribution in [1.29, 1.82) is 0 Å². The van der Waals surface area contributed by atoms with Gasteiger partial charge in [-0.3, -0.25) is 4.79 Å². The SMILES string of the molecule is O=C(CCCc1ccccc1)OCC(O)CO.O=C([O-])CCCc1ccccc1.[Na+]. The van der Waals surface area contributed by atoms with E-state index in [-0.39, 0.29) is 48.6 Å². The van der Waals surface area contributed by atoms with Crippen LogP contribution in [0.5, 0.6) is 0 Å². The van der Waals surface area contributed by atoms with Gasteiger partial charge in [-0.15, -0.1) is 0 Å². The van der Waals surface area contributed by atoms with Gasteiger partial charge in [-0.05, 0) is 43.2 Å². The van der Waals surface area contributed by atoms with Crippen LogP contribution in [0.15, 0.2) is 60.7 Å². The van der Waals surface area contributed by atoms with Crippen LogP contribution in [-0.2, 0) is 27.2 Å². The van der Waals surface area contributed by atoms with Crippen LogP contribution >= 0.6 is 0 Å². The number of aliphatic carboxylic acids is 1. The maximum Gasteiger partial charge on any atom is 1.00 e. The Kier molecular flexibility index (Phi) is 17.1. The second-order valence-electron chi connectivity index (χ2n) is 6.57. The molecule has 0 fully saturated rings. The molecule has 2 rings (SSSR count). The Morgan fingerprint density at radius 3 is 1.77 bits per heavy atom. The first-order valence-electron chi connectivity index (χ1n) is 9.73. The van der Waals surface area contributed by atoms with E-state index >= 15 is 0 Å². The fourth-order valence-corrected chi connectivity index (χ4v) is 2.48. The van der Waals surface area contributed by atoms with Crippen molar-refractivity contribution in [3.05, 3.63) is 71.8 Å². The van der Waals surface area contributed by atoms with Gasteiger partial charge in [-0.1, -0.05) is 60.7 Å². The number of ether oxygens (including phenoxy) is 1. The number of esters is 1. The summed E-state index contributed by atoms with van der Waals surface area (Å²) in [5.41, 5.74) is 2.37. The van der Waals surface area contributed by atoms with Crippen molar-refractivity contribution in [2.75, 3.05) is 13.2 Å². The number of aryl methyl sites for hydroxylation is 2.